The third-order valence-corrected chi connectivity index (χ3v) is 4.30. The molecule has 1 atom stereocenters. The molecule has 1 aromatic heterocycles. The molecule has 1 saturated heterocycles. The fraction of sp³-hybridized carbons (Fsp3) is 0.444. The van der Waals surface area contributed by atoms with Crippen molar-refractivity contribution < 1.29 is 9.47 Å². The Bertz CT molecular complexity index is 624. The van der Waals surface area contributed by atoms with Crippen molar-refractivity contribution in [3.8, 4) is 11.3 Å². The third-order valence-electron chi connectivity index (χ3n) is 4.30. The minimum Gasteiger partial charge on any atom is -0.379 e. The topological polar surface area (TPSA) is 47.5 Å². The predicted octanol–water partition coefficient (Wildman–Crippen LogP) is 2.68. The van der Waals surface area contributed by atoms with Crippen LogP contribution in [0.25, 0.3) is 11.3 Å². The second-order valence-electron chi connectivity index (χ2n) is 5.77. The van der Waals surface area contributed by atoms with Gasteiger partial charge in [-0.1, -0.05) is 24.3 Å². The molecule has 1 fully saturated rings. The molecule has 2 heterocycles. The summed E-state index contributed by atoms with van der Waals surface area (Å²) in [6, 6.07) is 11.0. The molecule has 1 aliphatic rings. The molecule has 122 valence electrons. The lowest BCUT2D eigenvalue weighted by atomic mass is 10.0. The minimum atomic E-state index is 0.405. The van der Waals surface area contributed by atoms with Gasteiger partial charge in [0.1, 0.15) is 6.33 Å². The van der Waals surface area contributed by atoms with Gasteiger partial charge in [0.05, 0.1) is 31.2 Å². The number of morpholine rings is 1. The summed E-state index contributed by atoms with van der Waals surface area (Å²) >= 11 is 0. The van der Waals surface area contributed by atoms with Crippen LogP contribution >= 0.6 is 0 Å². The number of hydrogen-bond donors (Lipinski definition) is 0. The fourth-order valence-corrected chi connectivity index (χ4v) is 2.89. The smallest absolute Gasteiger partial charge is 0.116 e. The van der Waals surface area contributed by atoms with Crippen LogP contribution in [0.5, 0.6) is 0 Å². The van der Waals surface area contributed by atoms with Gasteiger partial charge in [0, 0.05) is 31.8 Å². The lowest BCUT2D eigenvalue weighted by Crippen LogP contribution is -2.37. The average molecular weight is 313 g/mol. The van der Waals surface area contributed by atoms with Crippen LogP contribution in [-0.2, 0) is 16.1 Å². The number of hydrogen-bond acceptors (Lipinski definition) is 5. The van der Waals surface area contributed by atoms with E-state index in [1.54, 1.807) is 13.4 Å². The maximum absolute atomic E-state index is 5.43. The van der Waals surface area contributed by atoms with Crippen molar-refractivity contribution in [3.63, 3.8) is 0 Å². The van der Waals surface area contributed by atoms with Crippen LogP contribution in [0.1, 0.15) is 24.2 Å². The molecular weight excluding hydrogens is 290 g/mol. The number of nitrogens with zero attached hydrogens (tertiary/aromatic N) is 3. The molecule has 0 spiro atoms. The first kappa shape index (κ1) is 16.1. The van der Waals surface area contributed by atoms with E-state index in [2.05, 4.69) is 46.1 Å². The molecule has 5 nitrogen and oxygen atoms in total. The summed E-state index contributed by atoms with van der Waals surface area (Å²) in [5.74, 6) is 0. The van der Waals surface area contributed by atoms with Crippen LogP contribution in [0.3, 0.4) is 0 Å². The Balaban J connectivity index is 1.74. The van der Waals surface area contributed by atoms with E-state index < -0.39 is 0 Å². The summed E-state index contributed by atoms with van der Waals surface area (Å²) in [6.07, 6.45) is 1.59. The van der Waals surface area contributed by atoms with E-state index in [1.165, 1.54) is 5.56 Å². The second kappa shape index (κ2) is 7.64. The zero-order valence-corrected chi connectivity index (χ0v) is 13.7. The number of rotatable bonds is 5. The zero-order valence-electron chi connectivity index (χ0n) is 13.7. The summed E-state index contributed by atoms with van der Waals surface area (Å²) < 4.78 is 10.6. The first-order chi connectivity index (χ1) is 11.3. The number of aromatic nitrogens is 2. The van der Waals surface area contributed by atoms with Crippen LogP contribution in [0.4, 0.5) is 0 Å². The highest BCUT2D eigenvalue weighted by molar-refractivity contribution is 5.59. The van der Waals surface area contributed by atoms with Crippen LogP contribution in [0.15, 0.2) is 36.7 Å². The fourth-order valence-electron chi connectivity index (χ4n) is 2.89. The number of benzene rings is 1. The van der Waals surface area contributed by atoms with E-state index in [4.69, 9.17) is 9.47 Å². The Hall–Kier alpha value is -1.82. The Morgan fingerprint density at radius 3 is 2.61 bits per heavy atom. The molecule has 1 aliphatic heterocycles. The van der Waals surface area contributed by atoms with Crippen LogP contribution in [-0.4, -0.2) is 48.3 Å². The molecule has 3 rings (SSSR count). The highest BCUT2D eigenvalue weighted by Gasteiger charge is 2.18. The maximum atomic E-state index is 5.43. The van der Waals surface area contributed by atoms with E-state index in [0.29, 0.717) is 12.6 Å². The van der Waals surface area contributed by atoms with Gasteiger partial charge in [-0.3, -0.25) is 4.90 Å². The quantitative estimate of drug-likeness (QED) is 0.849. The molecule has 1 aromatic carbocycles. The van der Waals surface area contributed by atoms with Gasteiger partial charge in [0.25, 0.3) is 0 Å². The molecule has 0 amide bonds. The first-order valence-corrected chi connectivity index (χ1v) is 8.00. The minimum absolute atomic E-state index is 0.405. The van der Waals surface area contributed by atoms with Gasteiger partial charge in [-0.15, -0.1) is 0 Å². The molecule has 0 aliphatic carbocycles. The normalized spacial score (nSPS) is 17.1. The van der Waals surface area contributed by atoms with Gasteiger partial charge in [0.2, 0.25) is 0 Å². The molecule has 0 unspecified atom stereocenters. The standard InChI is InChI=1S/C18H23N3O2/c1-14(21-7-9-23-10-8-21)15-3-5-16(6-4-15)18-11-17(12-22-2)19-13-20-18/h3-6,11,13-14H,7-10,12H2,1-2H3/t14-/m1/s1. The van der Waals surface area contributed by atoms with E-state index in [0.717, 1.165) is 43.3 Å². The summed E-state index contributed by atoms with van der Waals surface area (Å²) in [4.78, 5) is 11.0. The van der Waals surface area contributed by atoms with Crippen LogP contribution in [0.2, 0.25) is 0 Å². The summed E-state index contributed by atoms with van der Waals surface area (Å²) in [5, 5.41) is 0. The SMILES string of the molecule is COCc1cc(-c2ccc([C@@H](C)N3CCOCC3)cc2)ncn1. The predicted molar refractivity (Wildman–Crippen MR) is 89.0 cm³/mol. The van der Waals surface area contributed by atoms with Gasteiger partial charge in [0.15, 0.2) is 0 Å². The zero-order chi connectivity index (χ0) is 16.1. The van der Waals surface area contributed by atoms with E-state index in [-0.39, 0.29) is 0 Å². The van der Waals surface area contributed by atoms with Crippen molar-refractivity contribution in [2.45, 2.75) is 19.6 Å². The molecular formula is C18H23N3O2. The van der Waals surface area contributed by atoms with Crippen molar-refractivity contribution in [2.75, 3.05) is 33.4 Å². The number of methoxy groups -OCH3 is 1. The van der Waals surface area contributed by atoms with Crippen molar-refractivity contribution in [3.05, 3.63) is 47.9 Å². The molecule has 2 aromatic rings. The van der Waals surface area contributed by atoms with Gasteiger partial charge in [-0.05, 0) is 18.6 Å². The Morgan fingerprint density at radius 1 is 1.17 bits per heavy atom. The highest BCUT2D eigenvalue weighted by atomic mass is 16.5. The van der Waals surface area contributed by atoms with Crippen molar-refractivity contribution in [2.24, 2.45) is 0 Å². The van der Waals surface area contributed by atoms with Crippen LogP contribution < -0.4 is 0 Å². The van der Waals surface area contributed by atoms with Gasteiger partial charge in [-0.25, -0.2) is 9.97 Å². The Labute approximate surface area is 137 Å². The van der Waals surface area contributed by atoms with E-state index in [9.17, 15) is 0 Å². The van der Waals surface area contributed by atoms with Gasteiger partial charge >= 0.3 is 0 Å². The largest absolute Gasteiger partial charge is 0.379 e. The average Bonchev–Trinajstić information content (AvgIpc) is 2.62. The number of ether oxygens (including phenoxy) is 2. The Kier molecular flexibility index (Phi) is 5.33. The lowest BCUT2D eigenvalue weighted by Gasteiger charge is -2.32. The third kappa shape index (κ3) is 3.93. The summed E-state index contributed by atoms with van der Waals surface area (Å²) in [6.45, 7) is 6.39. The van der Waals surface area contributed by atoms with Crippen molar-refractivity contribution in [1.82, 2.24) is 14.9 Å². The molecule has 0 bridgehead atoms. The lowest BCUT2D eigenvalue weighted by molar-refractivity contribution is 0.0198. The van der Waals surface area contributed by atoms with Crippen molar-refractivity contribution in [1.29, 1.82) is 0 Å². The first-order valence-electron chi connectivity index (χ1n) is 8.00. The van der Waals surface area contributed by atoms with Crippen LogP contribution in [0, 0.1) is 0 Å². The second-order valence-corrected chi connectivity index (χ2v) is 5.77. The molecule has 0 N–H and O–H groups in total. The van der Waals surface area contributed by atoms with Gasteiger partial charge < -0.3 is 9.47 Å². The molecule has 0 saturated carbocycles. The van der Waals surface area contributed by atoms with E-state index in [1.807, 2.05) is 6.07 Å². The summed E-state index contributed by atoms with van der Waals surface area (Å²) in [5.41, 5.74) is 4.24. The Morgan fingerprint density at radius 2 is 1.91 bits per heavy atom. The maximum Gasteiger partial charge on any atom is 0.116 e. The van der Waals surface area contributed by atoms with Gasteiger partial charge in [-0.2, -0.15) is 0 Å². The van der Waals surface area contributed by atoms with E-state index >= 15 is 0 Å². The summed E-state index contributed by atoms with van der Waals surface area (Å²) in [7, 11) is 1.67. The highest BCUT2D eigenvalue weighted by Crippen LogP contribution is 2.24. The molecule has 23 heavy (non-hydrogen) atoms. The monoisotopic (exact) mass is 313 g/mol. The molecule has 0 radical (unpaired) electrons. The van der Waals surface area contributed by atoms with Crippen molar-refractivity contribution >= 4 is 0 Å². The molecule has 5 heteroatoms.